The second-order valence-electron chi connectivity index (χ2n) is 6.22. The highest BCUT2D eigenvalue weighted by Gasteiger charge is 2.30. The summed E-state index contributed by atoms with van der Waals surface area (Å²) in [7, 11) is 0. The number of hydrogen-bond donors (Lipinski definition) is 0. The van der Waals surface area contributed by atoms with Crippen LogP contribution in [-0.2, 0) is 4.74 Å². The molecule has 7 nitrogen and oxygen atoms in total. The van der Waals surface area contributed by atoms with Gasteiger partial charge in [-0.05, 0) is 50.1 Å². The van der Waals surface area contributed by atoms with E-state index in [2.05, 4.69) is 15.3 Å². The van der Waals surface area contributed by atoms with E-state index in [0.29, 0.717) is 30.0 Å². The second-order valence-corrected chi connectivity index (χ2v) is 6.22. The van der Waals surface area contributed by atoms with Gasteiger partial charge in [-0.2, -0.15) is 4.52 Å². The highest BCUT2D eigenvalue weighted by atomic mass is 19.1. The van der Waals surface area contributed by atoms with Crippen LogP contribution in [0.2, 0.25) is 0 Å². The zero-order valence-corrected chi connectivity index (χ0v) is 14.6. The third-order valence-electron chi connectivity index (χ3n) is 4.57. The minimum absolute atomic E-state index is 0.0265. The number of esters is 1. The van der Waals surface area contributed by atoms with Crippen molar-refractivity contribution in [2.75, 3.05) is 18.1 Å². The van der Waals surface area contributed by atoms with E-state index in [0.717, 1.165) is 18.6 Å². The van der Waals surface area contributed by atoms with E-state index in [1.165, 1.54) is 10.6 Å². The molecule has 27 heavy (non-hydrogen) atoms. The molecule has 1 fully saturated rings. The molecule has 2 aromatic heterocycles. The van der Waals surface area contributed by atoms with Crippen LogP contribution in [0.15, 0.2) is 30.3 Å². The van der Waals surface area contributed by atoms with Crippen LogP contribution in [0.25, 0.3) is 5.65 Å². The molecule has 0 amide bonds. The van der Waals surface area contributed by atoms with E-state index < -0.39 is 17.6 Å². The van der Waals surface area contributed by atoms with Crippen molar-refractivity contribution in [1.82, 2.24) is 19.8 Å². The third kappa shape index (κ3) is 3.09. The Kier molecular flexibility index (Phi) is 4.43. The minimum atomic E-state index is -0.621. The average molecular weight is 373 g/mol. The van der Waals surface area contributed by atoms with Crippen molar-refractivity contribution in [2.24, 2.45) is 0 Å². The Labute approximate surface area is 153 Å². The van der Waals surface area contributed by atoms with Gasteiger partial charge in [-0.15, -0.1) is 15.3 Å². The zero-order valence-electron chi connectivity index (χ0n) is 14.6. The fraction of sp³-hybridized carbons (Fsp3) is 0.333. The SMILES string of the molecule is CCOC(=O)c1nnc2ccc(N3CCC[C@@H]3c3cc(F)ccc3F)nn12. The van der Waals surface area contributed by atoms with Gasteiger partial charge in [0, 0.05) is 12.1 Å². The van der Waals surface area contributed by atoms with Crippen LogP contribution >= 0.6 is 0 Å². The maximum atomic E-state index is 14.3. The minimum Gasteiger partial charge on any atom is -0.460 e. The van der Waals surface area contributed by atoms with Crippen LogP contribution in [0, 0.1) is 11.6 Å². The Hall–Kier alpha value is -3.10. The van der Waals surface area contributed by atoms with Gasteiger partial charge in [-0.1, -0.05) is 0 Å². The largest absolute Gasteiger partial charge is 0.460 e. The normalized spacial score (nSPS) is 16.9. The van der Waals surface area contributed by atoms with Gasteiger partial charge in [0.1, 0.15) is 17.5 Å². The quantitative estimate of drug-likeness (QED) is 0.655. The summed E-state index contributed by atoms with van der Waals surface area (Å²) in [4.78, 5) is 13.9. The number of fused-ring (bicyclic) bond motifs is 1. The molecule has 1 atom stereocenters. The monoisotopic (exact) mass is 373 g/mol. The lowest BCUT2D eigenvalue weighted by Gasteiger charge is -2.26. The lowest BCUT2D eigenvalue weighted by atomic mass is 10.0. The zero-order chi connectivity index (χ0) is 19.0. The first-order valence-corrected chi connectivity index (χ1v) is 8.69. The molecule has 0 saturated carbocycles. The summed E-state index contributed by atoms with van der Waals surface area (Å²) in [5, 5.41) is 12.2. The summed E-state index contributed by atoms with van der Waals surface area (Å²) in [6, 6.07) is 6.53. The standard InChI is InChI=1S/C18H17F2N5O2/c1-2-27-18(26)17-22-21-15-7-8-16(23-25(15)17)24-9-3-4-14(24)12-10-11(19)5-6-13(12)20/h5-8,10,14H,2-4,9H2,1H3/t14-/m1/s1. The number of ether oxygens (including phenoxy) is 1. The van der Waals surface area contributed by atoms with Crippen LogP contribution in [0.1, 0.15) is 42.0 Å². The molecule has 9 heteroatoms. The predicted molar refractivity (Wildman–Crippen MR) is 92.4 cm³/mol. The van der Waals surface area contributed by atoms with Gasteiger partial charge >= 0.3 is 5.97 Å². The molecule has 1 aliphatic heterocycles. The summed E-state index contributed by atoms with van der Waals surface area (Å²) in [6.07, 6.45) is 1.49. The van der Waals surface area contributed by atoms with E-state index in [-0.39, 0.29) is 18.5 Å². The number of hydrogen-bond acceptors (Lipinski definition) is 6. The maximum Gasteiger partial charge on any atom is 0.378 e. The average Bonchev–Trinajstić information content (AvgIpc) is 3.30. The van der Waals surface area contributed by atoms with Gasteiger partial charge in [-0.25, -0.2) is 13.6 Å². The van der Waals surface area contributed by atoms with Gasteiger partial charge in [0.25, 0.3) is 5.82 Å². The Morgan fingerprint density at radius 1 is 1.26 bits per heavy atom. The van der Waals surface area contributed by atoms with Crippen molar-refractivity contribution in [2.45, 2.75) is 25.8 Å². The predicted octanol–water partition coefficient (Wildman–Crippen LogP) is 2.92. The van der Waals surface area contributed by atoms with Gasteiger partial charge < -0.3 is 9.64 Å². The highest BCUT2D eigenvalue weighted by Crippen LogP contribution is 2.36. The first-order chi connectivity index (χ1) is 13.1. The molecule has 4 rings (SSSR count). The number of halogens is 2. The molecule has 1 aliphatic rings. The number of nitrogens with zero attached hydrogens (tertiary/aromatic N) is 5. The number of benzene rings is 1. The lowest BCUT2D eigenvalue weighted by molar-refractivity contribution is 0.0509. The van der Waals surface area contributed by atoms with Crippen LogP contribution in [0.4, 0.5) is 14.6 Å². The first kappa shape index (κ1) is 17.3. The van der Waals surface area contributed by atoms with Gasteiger partial charge in [0.15, 0.2) is 5.65 Å². The topological polar surface area (TPSA) is 72.6 Å². The number of carbonyl (C=O) groups excluding carboxylic acids is 1. The van der Waals surface area contributed by atoms with Gasteiger partial charge in [0.05, 0.1) is 12.6 Å². The summed E-state index contributed by atoms with van der Waals surface area (Å²) >= 11 is 0. The molecule has 0 unspecified atom stereocenters. The number of carbonyl (C=O) groups is 1. The number of rotatable bonds is 4. The molecule has 0 spiro atoms. The molecule has 0 radical (unpaired) electrons. The van der Waals surface area contributed by atoms with Gasteiger partial charge in [-0.3, -0.25) is 0 Å². The summed E-state index contributed by atoms with van der Waals surface area (Å²) in [5.74, 6) is -1.06. The molecule has 3 heterocycles. The molecule has 1 saturated heterocycles. The first-order valence-electron chi connectivity index (χ1n) is 8.69. The van der Waals surface area contributed by atoms with Crippen molar-refractivity contribution in [3.8, 4) is 0 Å². The van der Waals surface area contributed by atoms with Crippen molar-refractivity contribution in [3.63, 3.8) is 0 Å². The van der Waals surface area contributed by atoms with Gasteiger partial charge in [0.2, 0.25) is 0 Å². The molecule has 140 valence electrons. The second kappa shape index (κ2) is 6.90. The summed E-state index contributed by atoms with van der Waals surface area (Å²) in [5.41, 5.74) is 0.693. The van der Waals surface area contributed by atoms with E-state index in [4.69, 9.17) is 4.74 Å². The smallest absolute Gasteiger partial charge is 0.378 e. The number of aromatic nitrogens is 4. The van der Waals surface area contributed by atoms with E-state index in [1.807, 2.05) is 4.90 Å². The molecule has 0 N–H and O–H groups in total. The maximum absolute atomic E-state index is 14.3. The Balaban J connectivity index is 1.73. The fourth-order valence-electron chi connectivity index (χ4n) is 3.39. The Morgan fingerprint density at radius 3 is 2.93 bits per heavy atom. The highest BCUT2D eigenvalue weighted by molar-refractivity contribution is 5.86. The van der Waals surface area contributed by atoms with E-state index in [9.17, 15) is 13.6 Å². The molecular formula is C18H17F2N5O2. The Bertz CT molecular complexity index is 1010. The van der Waals surface area contributed by atoms with Crippen molar-refractivity contribution in [1.29, 1.82) is 0 Å². The summed E-state index contributed by atoms with van der Waals surface area (Å²) < 4.78 is 34.2. The van der Waals surface area contributed by atoms with Crippen LogP contribution in [0.3, 0.4) is 0 Å². The fourth-order valence-corrected chi connectivity index (χ4v) is 3.39. The molecular weight excluding hydrogens is 356 g/mol. The summed E-state index contributed by atoms with van der Waals surface area (Å²) in [6.45, 7) is 2.54. The molecule has 1 aromatic carbocycles. The van der Waals surface area contributed by atoms with Crippen LogP contribution in [-0.4, -0.2) is 38.9 Å². The third-order valence-corrected chi connectivity index (χ3v) is 4.57. The van der Waals surface area contributed by atoms with Crippen molar-refractivity contribution < 1.29 is 18.3 Å². The number of anilines is 1. The van der Waals surface area contributed by atoms with Crippen molar-refractivity contribution in [3.05, 3.63) is 53.4 Å². The van der Waals surface area contributed by atoms with Crippen LogP contribution in [0.5, 0.6) is 0 Å². The van der Waals surface area contributed by atoms with E-state index in [1.54, 1.807) is 19.1 Å². The molecule has 3 aromatic rings. The molecule has 0 bridgehead atoms. The Morgan fingerprint density at radius 2 is 2.11 bits per heavy atom. The van der Waals surface area contributed by atoms with Crippen molar-refractivity contribution >= 4 is 17.4 Å². The van der Waals surface area contributed by atoms with E-state index >= 15 is 0 Å². The lowest BCUT2D eigenvalue weighted by Crippen LogP contribution is -2.25. The van der Waals surface area contributed by atoms with Crippen LogP contribution < -0.4 is 4.90 Å². The molecule has 0 aliphatic carbocycles.